The van der Waals surface area contributed by atoms with Crippen molar-refractivity contribution in [1.29, 1.82) is 0 Å². The topological polar surface area (TPSA) is 102 Å². The lowest BCUT2D eigenvalue weighted by Crippen LogP contribution is -2.12. The second kappa shape index (κ2) is 4.91. The van der Waals surface area contributed by atoms with Crippen LogP contribution in [0, 0.1) is 0 Å². The van der Waals surface area contributed by atoms with Crippen LogP contribution in [-0.4, -0.2) is 37.2 Å². The van der Waals surface area contributed by atoms with E-state index in [1.54, 1.807) is 0 Å². The molecule has 0 aromatic carbocycles. The van der Waals surface area contributed by atoms with E-state index in [-0.39, 0.29) is 17.3 Å². The summed E-state index contributed by atoms with van der Waals surface area (Å²) >= 11 is 5.72. The second-order valence-corrected chi connectivity index (χ2v) is 3.49. The zero-order chi connectivity index (χ0) is 12.3. The van der Waals surface area contributed by atoms with Crippen LogP contribution in [-0.2, 0) is 0 Å². The Hall–Kier alpha value is -1.96. The SMILES string of the molecule is COc1nc(Cl)nc(NC(C)c2ncn[nH]2)n1. The molecule has 90 valence electrons. The summed E-state index contributed by atoms with van der Waals surface area (Å²) in [7, 11) is 1.45. The lowest BCUT2D eigenvalue weighted by molar-refractivity contribution is 0.378. The van der Waals surface area contributed by atoms with Crippen LogP contribution in [0.3, 0.4) is 0 Å². The maximum Gasteiger partial charge on any atom is 0.322 e. The molecule has 0 saturated heterocycles. The third kappa shape index (κ3) is 2.78. The van der Waals surface area contributed by atoms with E-state index in [1.807, 2.05) is 6.92 Å². The molecule has 0 aliphatic heterocycles. The third-order valence-corrected chi connectivity index (χ3v) is 2.13. The van der Waals surface area contributed by atoms with Gasteiger partial charge in [-0.15, -0.1) is 0 Å². The Morgan fingerprint density at radius 3 is 2.88 bits per heavy atom. The van der Waals surface area contributed by atoms with Gasteiger partial charge >= 0.3 is 6.01 Å². The molecule has 2 N–H and O–H groups in total. The number of rotatable bonds is 4. The summed E-state index contributed by atoms with van der Waals surface area (Å²) < 4.78 is 4.89. The van der Waals surface area contributed by atoms with E-state index in [2.05, 4.69) is 35.5 Å². The second-order valence-electron chi connectivity index (χ2n) is 3.15. The minimum atomic E-state index is -0.138. The number of hydrogen-bond acceptors (Lipinski definition) is 7. The molecule has 0 aliphatic rings. The van der Waals surface area contributed by atoms with Crippen molar-refractivity contribution in [3.05, 3.63) is 17.4 Å². The average Bonchev–Trinajstić information content (AvgIpc) is 2.81. The van der Waals surface area contributed by atoms with E-state index in [9.17, 15) is 0 Å². The van der Waals surface area contributed by atoms with E-state index in [0.717, 1.165) is 0 Å². The standard InChI is InChI=1S/C8H10ClN7O/c1-4(5-10-3-11-16-5)12-7-13-6(9)14-8(15-7)17-2/h3-4H,1-2H3,(H,10,11,16)(H,12,13,14,15). The highest BCUT2D eigenvalue weighted by Crippen LogP contribution is 2.15. The van der Waals surface area contributed by atoms with Gasteiger partial charge in [0.05, 0.1) is 13.2 Å². The Bertz CT molecular complexity index is 489. The molecule has 0 spiro atoms. The fourth-order valence-corrected chi connectivity index (χ4v) is 1.33. The highest BCUT2D eigenvalue weighted by Gasteiger charge is 2.11. The maximum atomic E-state index is 5.72. The molecule has 0 saturated carbocycles. The van der Waals surface area contributed by atoms with Crippen LogP contribution in [0.15, 0.2) is 6.33 Å². The molecule has 0 amide bonds. The summed E-state index contributed by atoms with van der Waals surface area (Å²) in [5.74, 6) is 0.978. The summed E-state index contributed by atoms with van der Waals surface area (Å²) in [5, 5.41) is 9.56. The van der Waals surface area contributed by atoms with Gasteiger partial charge in [-0.1, -0.05) is 0 Å². The average molecular weight is 256 g/mol. The first-order valence-electron chi connectivity index (χ1n) is 4.76. The van der Waals surface area contributed by atoms with E-state index in [4.69, 9.17) is 16.3 Å². The fourth-order valence-electron chi connectivity index (χ4n) is 1.17. The van der Waals surface area contributed by atoms with Gasteiger partial charge in [0.25, 0.3) is 0 Å². The van der Waals surface area contributed by atoms with Crippen LogP contribution in [0.2, 0.25) is 5.28 Å². The number of halogens is 1. The zero-order valence-electron chi connectivity index (χ0n) is 9.18. The van der Waals surface area contributed by atoms with Gasteiger partial charge in [-0.25, -0.2) is 4.98 Å². The monoisotopic (exact) mass is 255 g/mol. The van der Waals surface area contributed by atoms with Gasteiger partial charge < -0.3 is 10.1 Å². The molecular formula is C8H10ClN7O. The van der Waals surface area contributed by atoms with Crippen LogP contribution in [0.1, 0.15) is 18.8 Å². The number of aromatic amines is 1. The Morgan fingerprint density at radius 2 is 2.24 bits per heavy atom. The molecular weight excluding hydrogens is 246 g/mol. The number of methoxy groups -OCH3 is 1. The molecule has 2 heterocycles. The van der Waals surface area contributed by atoms with Gasteiger partial charge in [-0.2, -0.15) is 20.1 Å². The molecule has 2 rings (SSSR count). The molecule has 2 aromatic rings. The first-order valence-corrected chi connectivity index (χ1v) is 5.14. The fraction of sp³-hybridized carbons (Fsp3) is 0.375. The Balaban J connectivity index is 2.15. The first kappa shape index (κ1) is 11.5. The summed E-state index contributed by atoms with van der Waals surface area (Å²) in [6, 6.07) is 0.0120. The summed E-state index contributed by atoms with van der Waals surface area (Å²) in [5.41, 5.74) is 0. The largest absolute Gasteiger partial charge is 0.467 e. The molecule has 0 aliphatic carbocycles. The van der Waals surface area contributed by atoms with Crippen molar-refractivity contribution in [2.75, 3.05) is 12.4 Å². The van der Waals surface area contributed by atoms with Crippen LogP contribution in [0.5, 0.6) is 6.01 Å². The highest BCUT2D eigenvalue weighted by molar-refractivity contribution is 6.28. The number of H-pyrrole nitrogens is 1. The molecule has 0 radical (unpaired) electrons. The number of aromatic nitrogens is 6. The highest BCUT2D eigenvalue weighted by atomic mass is 35.5. The van der Waals surface area contributed by atoms with Crippen LogP contribution < -0.4 is 10.1 Å². The molecule has 17 heavy (non-hydrogen) atoms. The van der Waals surface area contributed by atoms with Gasteiger partial charge in [0.2, 0.25) is 11.2 Å². The number of nitrogens with one attached hydrogen (secondary N) is 2. The number of ether oxygens (including phenoxy) is 1. The third-order valence-electron chi connectivity index (χ3n) is 1.96. The van der Waals surface area contributed by atoms with Gasteiger partial charge in [-0.05, 0) is 18.5 Å². The summed E-state index contributed by atoms with van der Waals surface area (Å²) in [4.78, 5) is 15.7. The molecule has 9 heteroatoms. The predicted molar refractivity (Wildman–Crippen MR) is 59.8 cm³/mol. The van der Waals surface area contributed by atoms with Gasteiger partial charge in [-0.3, -0.25) is 5.10 Å². The number of anilines is 1. The minimum Gasteiger partial charge on any atom is -0.467 e. The van der Waals surface area contributed by atoms with E-state index in [0.29, 0.717) is 11.8 Å². The van der Waals surface area contributed by atoms with E-state index >= 15 is 0 Å². The molecule has 1 unspecified atom stereocenters. The number of nitrogens with zero attached hydrogens (tertiary/aromatic N) is 5. The summed E-state index contributed by atoms with van der Waals surface area (Å²) in [6.45, 7) is 1.88. The van der Waals surface area contributed by atoms with Crippen molar-refractivity contribution < 1.29 is 4.74 Å². The Kier molecular flexibility index (Phi) is 3.33. The van der Waals surface area contributed by atoms with Crippen molar-refractivity contribution >= 4 is 17.5 Å². The van der Waals surface area contributed by atoms with Crippen LogP contribution >= 0.6 is 11.6 Å². The molecule has 8 nitrogen and oxygen atoms in total. The Labute approximate surface area is 102 Å². The van der Waals surface area contributed by atoms with Crippen molar-refractivity contribution in [1.82, 2.24) is 30.1 Å². The van der Waals surface area contributed by atoms with Crippen molar-refractivity contribution in [3.63, 3.8) is 0 Å². The van der Waals surface area contributed by atoms with Gasteiger partial charge in [0.1, 0.15) is 12.2 Å². The molecule has 2 aromatic heterocycles. The molecule has 0 bridgehead atoms. The normalized spacial score (nSPS) is 12.2. The molecule has 0 fully saturated rings. The summed E-state index contributed by atoms with van der Waals surface area (Å²) in [6.07, 6.45) is 1.43. The lowest BCUT2D eigenvalue weighted by Gasteiger charge is -2.10. The van der Waals surface area contributed by atoms with E-state index < -0.39 is 0 Å². The maximum absolute atomic E-state index is 5.72. The lowest BCUT2D eigenvalue weighted by atomic mass is 10.3. The van der Waals surface area contributed by atoms with Crippen molar-refractivity contribution in [2.45, 2.75) is 13.0 Å². The molecule has 1 atom stereocenters. The van der Waals surface area contributed by atoms with Gasteiger partial charge in [0, 0.05) is 0 Å². The first-order chi connectivity index (χ1) is 8.19. The predicted octanol–water partition coefficient (Wildman–Crippen LogP) is 0.825. The van der Waals surface area contributed by atoms with Crippen LogP contribution in [0.4, 0.5) is 5.95 Å². The smallest absolute Gasteiger partial charge is 0.322 e. The quantitative estimate of drug-likeness (QED) is 0.834. The van der Waals surface area contributed by atoms with Crippen LogP contribution in [0.25, 0.3) is 0 Å². The van der Waals surface area contributed by atoms with Gasteiger partial charge in [0.15, 0.2) is 0 Å². The zero-order valence-corrected chi connectivity index (χ0v) is 9.93. The van der Waals surface area contributed by atoms with Crippen molar-refractivity contribution in [2.24, 2.45) is 0 Å². The Morgan fingerprint density at radius 1 is 1.41 bits per heavy atom. The van der Waals surface area contributed by atoms with E-state index in [1.165, 1.54) is 13.4 Å². The minimum absolute atomic E-state index is 0.0594. The van der Waals surface area contributed by atoms with Crippen molar-refractivity contribution in [3.8, 4) is 6.01 Å². The number of hydrogen-bond donors (Lipinski definition) is 2.